The van der Waals surface area contributed by atoms with Crippen molar-refractivity contribution in [3.8, 4) is 0 Å². The smallest absolute Gasteiger partial charge is 0.306 e. The lowest BCUT2D eigenvalue weighted by Gasteiger charge is -2.16. The summed E-state index contributed by atoms with van der Waals surface area (Å²) in [6, 6.07) is 0. The average molecular weight is 185 g/mol. The molecule has 1 rings (SSSR count). The molecule has 1 atom stereocenters. The van der Waals surface area contributed by atoms with E-state index in [2.05, 4.69) is 10.1 Å². The summed E-state index contributed by atoms with van der Waals surface area (Å²) in [6.07, 6.45) is 0.00199. The number of carbonyl (C=O) groups excluding carboxylic acids is 3. The van der Waals surface area contributed by atoms with E-state index in [1.165, 1.54) is 7.11 Å². The maximum Gasteiger partial charge on any atom is 0.306 e. The van der Waals surface area contributed by atoms with Gasteiger partial charge in [0, 0.05) is 6.42 Å². The van der Waals surface area contributed by atoms with Gasteiger partial charge in [0.05, 0.1) is 18.9 Å². The van der Waals surface area contributed by atoms with Crippen molar-refractivity contribution in [1.29, 1.82) is 0 Å². The molecule has 1 N–H and O–H groups in total. The summed E-state index contributed by atoms with van der Waals surface area (Å²) >= 11 is 0. The predicted molar refractivity (Wildman–Crippen MR) is 42.5 cm³/mol. The Hall–Kier alpha value is -1.39. The number of rotatable bonds is 2. The second-order valence-corrected chi connectivity index (χ2v) is 3.37. The van der Waals surface area contributed by atoms with Crippen molar-refractivity contribution in [3.63, 3.8) is 0 Å². The first kappa shape index (κ1) is 9.70. The summed E-state index contributed by atoms with van der Waals surface area (Å²) in [6.45, 7) is 1.57. The number of imide groups is 1. The quantitative estimate of drug-likeness (QED) is 0.469. The van der Waals surface area contributed by atoms with Gasteiger partial charge >= 0.3 is 5.97 Å². The maximum absolute atomic E-state index is 11.2. The molecule has 1 aliphatic heterocycles. The zero-order valence-electron chi connectivity index (χ0n) is 7.55. The molecule has 72 valence electrons. The molecule has 1 saturated heterocycles. The Morgan fingerprint density at radius 3 is 2.62 bits per heavy atom. The van der Waals surface area contributed by atoms with Crippen molar-refractivity contribution in [2.24, 2.45) is 5.41 Å². The lowest BCUT2D eigenvalue weighted by Crippen LogP contribution is -2.31. The van der Waals surface area contributed by atoms with E-state index in [4.69, 9.17) is 0 Å². The van der Waals surface area contributed by atoms with Crippen molar-refractivity contribution in [2.75, 3.05) is 7.11 Å². The van der Waals surface area contributed by atoms with Gasteiger partial charge < -0.3 is 4.74 Å². The number of nitrogens with one attached hydrogen (secondary N) is 1. The summed E-state index contributed by atoms with van der Waals surface area (Å²) < 4.78 is 4.43. The summed E-state index contributed by atoms with van der Waals surface area (Å²) in [5.74, 6) is -1.22. The van der Waals surface area contributed by atoms with Crippen LogP contribution in [0, 0.1) is 5.41 Å². The third kappa shape index (κ3) is 1.85. The normalized spacial score (nSPS) is 27.2. The molecular weight excluding hydrogens is 174 g/mol. The third-order valence-corrected chi connectivity index (χ3v) is 2.11. The molecule has 0 aromatic heterocycles. The minimum Gasteiger partial charge on any atom is -0.469 e. The van der Waals surface area contributed by atoms with Gasteiger partial charge in [-0.2, -0.15) is 0 Å². The van der Waals surface area contributed by atoms with Crippen LogP contribution >= 0.6 is 0 Å². The maximum atomic E-state index is 11.2. The Balaban J connectivity index is 2.71. The fourth-order valence-electron chi connectivity index (χ4n) is 1.29. The number of carbonyl (C=O) groups is 3. The van der Waals surface area contributed by atoms with E-state index < -0.39 is 17.3 Å². The van der Waals surface area contributed by atoms with Crippen LogP contribution in [0.1, 0.15) is 19.8 Å². The van der Waals surface area contributed by atoms with Gasteiger partial charge in [-0.3, -0.25) is 19.7 Å². The molecule has 1 heterocycles. The van der Waals surface area contributed by atoms with Crippen molar-refractivity contribution in [3.05, 3.63) is 0 Å². The van der Waals surface area contributed by atoms with Crippen molar-refractivity contribution < 1.29 is 19.1 Å². The Labute approximate surface area is 75.4 Å². The van der Waals surface area contributed by atoms with E-state index in [-0.39, 0.29) is 18.7 Å². The molecule has 0 aromatic carbocycles. The van der Waals surface area contributed by atoms with E-state index in [1.54, 1.807) is 6.92 Å². The second kappa shape index (κ2) is 3.16. The predicted octanol–water partition coefficient (Wildman–Crippen LogP) is -0.398. The number of hydrogen-bond acceptors (Lipinski definition) is 4. The first-order valence-corrected chi connectivity index (χ1v) is 3.89. The number of methoxy groups -OCH3 is 1. The average Bonchev–Trinajstić information content (AvgIpc) is 2.25. The lowest BCUT2D eigenvalue weighted by molar-refractivity contribution is -0.146. The Morgan fingerprint density at radius 1 is 1.62 bits per heavy atom. The highest BCUT2D eigenvalue weighted by atomic mass is 16.5. The van der Waals surface area contributed by atoms with E-state index >= 15 is 0 Å². The van der Waals surface area contributed by atoms with Crippen LogP contribution in [0.15, 0.2) is 0 Å². The van der Waals surface area contributed by atoms with Crippen LogP contribution in [-0.2, 0) is 19.1 Å². The Kier molecular flexibility index (Phi) is 2.36. The van der Waals surface area contributed by atoms with Crippen LogP contribution in [0.4, 0.5) is 0 Å². The molecular formula is C8H11NO4. The SMILES string of the molecule is COC(=O)CC1(C)CC(=O)NC1=O. The Bertz CT molecular complexity index is 273. The van der Waals surface area contributed by atoms with Gasteiger partial charge in [-0.15, -0.1) is 0 Å². The fourth-order valence-corrected chi connectivity index (χ4v) is 1.29. The Morgan fingerprint density at radius 2 is 2.23 bits per heavy atom. The van der Waals surface area contributed by atoms with Gasteiger partial charge in [-0.25, -0.2) is 0 Å². The van der Waals surface area contributed by atoms with Crippen molar-refractivity contribution >= 4 is 17.8 Å². The number of esters is 1. The first-order valence-electron chi connectivity index (χ1n) is 3.89. The monoisotopic (exact) mass is 185 g/mol. The van der Waals surface area contributed by atoms with Crippen LogP contribution in [0.2, 0.25) is 0 Å². The zero-order valence-corrected chi connectivity index (χ0v) is 7.55. The van der Waals surface area contributed by atoms with Crippen LogP contribution in [-0.4, -0.2) is 24.9 Å². The molecule has 1 aliphatic rings. The van der Waals surface area contributed by atoms with E-state index in [0.29, 0.717) is 0 Å². The van der Waals surface area contributed by atoms with Crippen LogP contribution < -0.4 is 5.32 Å². The molecule has 1 unspecified atom stereocenters. The summed E-state index contributed by atoms with van der Waals surface area (Å²) in [5.41, 5.74) is -0.926. The van der Waals surface area contributed by atoms with Gasteiger partial charge in [0.25, 0.3) is 0 Å². The van der Waals surface area contributed by atoms with E-state index in [0.717, 1.165) is 0 Å². The van der Waals surface area contributed by atoms with E-state index in [1.807, 2.05) is 0 Å². The van der Waals surface area contributed by atoms with Gasteiger partial charge in [0.1, 0.15) is 0 Å². The number of ether oxygens (including phenoxy) is 1. The summed E-state index contributed by atoms with van der Waals surface area (Å²) in [4.78, 5) is 33.0. The largest absolute Gasteiger partial charge is 0.469 e. The number of hydrogen-bond donors (Lipinski definition) is 1. The molecule has 5 nitrogen and oxygen atoms in total. The molecule has 0 aromatic rings. The second-order valence-electron chi connectivity index (χ2n) is 3.37. The molecule has 0 radical (unpaired) electrons. The topological polar surface area (TPSA) is 72.5 Å². The summed E-state index contributed by atoms with van der Waals surface area (Å²) in [7, 11) is 1.25. The van der Waals surface area contributed by atoms with Gasteiger partial charge in [-0.05, 0) is 6.92 Å². The highest BCUT2D eigenvalue weighted by Gasteiger charge is 2.44. The molecule has 0 saturated carbocycles. The lowest BCUT2D eigenvalue weighted by atomic mass is 9.85. The van der Waals surface area contributed by atoms with Gasteiger partial charge in [0.2, 0.25) is 11.8 Å². The molecule has 2 amide bonds. The highest BCUT2D eigenvalue weighted by Crippen LogP contribution is 2.30. The molecule has 1 fully saturated rings. The molecule has 0 aliphatic carbocycles. The standard InChI is InChI=1S/C8H11NO4/c1-8(4-6(11)13-2)3-5(10)9-7(8)12/h3-4H2,1-2H3,(H,9,10,12). The summed E-state index contributed by atoms with van der Waals surface area (Å²) in [5, 5.41) is 2.15. The minimum atomic E-state index is -0.926. The highest BCUT2D eigenvalue weighted by molar-refractivity contribution is 6.06. The van der Waals surface area contributed by atoms with Crippen molar-refractivity contribution in [2.45, 2.75) is 19.8 Å². The van der Waals surface area contributed by atoms with Crippen molar-refractivity contribution in [1.82, 2.24) is 5.32 Å². The first-order chi connectivity index (χ1) is 5.98. The molecule has 13 heavy (non-hydrogen) atoms. The van der Waals surface area contributed by atoms with Gasteiger partial charge in [-0.1, -0.05) is 0 Å². The van der Waals surface area contributed by atoms with Crippen LogP contribution in [0.25, 0.3) is 0 Å². The minimum absolute atomic E-state index is 0.0545. The zero-order chi connectivity index (χ0) is 10.1. The van der Waals surface area contributed by atoms with Crippen LogP contribution in [0.5, 0.6) is 0 Å². The number of amides is 2. The molecule has 0 bridgehead atoms. The third-order valence-electron chi connectivity index (χ3n) is 2.11. The van der Waals surface area contributed by atoms with Crippen LogP contribution in [0.3, 0.4) is 0 Å². The van der Waals surface area contributed by atoms with Gasteiger partial charge in [0.15, 0.2) is 0 Å². The molecule has 5 heteroatoms. The fraction of sp³-hybridized carbons (Fsp3) is 0.625. The molecule has 0 spiro atoms. The van der Waals surface area contributed by atoms with E-state index in [9.17, 15) is 14.4 Å².